The second kappa shape index (κ2) is 29.9. The summed E-state index contributed by atoms with van der Waals surface area (Å²) in [5.74, 6) is -13.9. The molecule has 7 aliphatic rings. The normalized spacial score (nSPS) is 21.0. The van der Waals surface area contributed by atoms with Crippen molar-refractivity contribution in [3.8, 4) is 80.1 Å². The van der Waals surface area contributed by atoms with Gasteiger partial charge < -0.3 is 103 Å². The van der Waals surface area contributed by atoms with Gasteiger partial charge in [-0.2, -0.15) is 0 Å². The number of aliphatic hydroxyl groups is 1. The molecular weight excluding hydrogens is 1400 g/mol. The van der Waals surface area contributed by atoms with Crippen LogP contribution in [0.1, 0.15) is 106 Å². The summed E-state index contributed by atoms with van der Waals surface area (Å²) in [6, 6.07) is 17.2. The Hall–Kier alpha value is -11.8. The number of ether oxygens (including phenoxy) is 3. The third kappa shape index (κ3) is 15.2. The summed E-state index contributed by atoms with van der Waals surface area (Å²) in [7, 11) is 0. The molecule has 8 aromatic rings. The number of hydrogen-bond donors (Lipinski definition) is 15. The van der Waals surface area contributed by atoms with Crippen LogP contribution in [-0.4, -0.2) is 138 Å². The smallest absolute Gasteiger partial charge is 0.249 e. The monoisotopic (exact) mass is 1470 g/mol. The molecule has 105 heavy (non-hydrogen) atoms. The molecule has 0 unspecified atom stereocenters. The number of nitrogens with one attached hydrogen (secondary N) is 7. The van der Waals surface area contributed by atoms with E-state index in [9.17, 15) is 45.3 Å². The number of rotatable bonds is 8. The van der Waals surface area contributed by atoms with E-state index in [1.54, 1.807) is 4.90 Å². The molecule has 8 amide bonds. The summed E-state index contributed by atoms with van der Waals surface area (Å²) in [6.45, 7) is 2.40. The topological polar surface area (TPSA) is 423 Å². The number of phenolic OH excluding ortho intramolecular Hbond substituents is 6. The van der Waals surface area contributed by atoms with E-state index in [-0.39, 0.29) is 123 Å². The zero-order chi connectivity index (χ0) is 74.2. The standard InChI is InChI=1S/C75H70Cl2N10O18/c1-2-3-4-35-5-7-36(8-6-35)33-79-34-59(93)86-17-19-87(20-18-86)75(102)65-47-31-44(89)32-53(92)60(47)46-25-39(11-13-51(46)90)62-71(98)85-66(74(101)84-65)67(94)40-12-16-55(49(77)26-40)105-58-29-42-28-57(68(58)95)104-54-15-9-37(21-48(54)76)22-50-69(96)81-63(72(99)83-64(42)73(100)82-62)41-23-43(88)30-45(24-41)103-56-27-38(10-14-52(56)91)61(78)70(97)80-50/h5-16,21,23-32,50,61-67,79,88-92,94-95H,2-4,17-20,22,33-34,78H2,1H3,(H,80,97)(H,81,96)(H,82,100)(H,83,99)(H,84,101)(H,85,98)/t50-,61-,62-,63+,64-,65+,66+,67-/m1/s1. The Balaban J connectivity index is 0.914. The molecule has 0 aliphatic carbocycles. The predicted molar refractivity (Wildman–Crippen MR) is 377 cm³/mol. The number of amides is 8. The second-order valence-electron chi connectivity index (χ2n) is 26.0. The zero-order valence-electron chi connectivity index (χ0n) is 55.8. The van der Waals surface area contributed by atoms with Crippen LogP contribution >= 0.6 is 23.2 Å². The number of fused-ring (bicyclic) bond motifs is 14. The molecule has 30 heteroatoms. The van der Waals surface area contributed by atoms with Gasteiger partial charge >= 0.3 is 0 Å². The van der Waals surface area contributed by atoms with Gasteiger partial charge in [0.1, 0.15) is 88.6 Å². The number of unbranched alkanes of at least 4 members (excludes halogenated alkanes) is 1. The van der Waals surface area contributed by atoms with Gasteiger partial charge in [-0.25, -0.2) is 0 Å². The molecule has 0 radical (unpaired) electrons. The van der Waals surface area contributed by atoms with Crippen LogP contribution < -0.4 is 57.2 Å². The second-order valence-corrected chi connectivity index (χ2v) is 26.8. The van der Waals surface area contributed by atoms with Gasteiger partial charge in [-0.1, -0.05) is 85.1 Å². The van der Waals surface area contributed by atoms with Crippen molar-refractivity contribution in [3.05, 3.63) is 200 Å². The van der Waals surface area contributed by atoms with Gasteiger partial charge in [-0.15, -0.1) is 0 Å². The van der Waals surface area contributed by atoms with Gasteiger partial charge in [-0.3, -0.25) is 38.4 Å². The molecule has 0 spiro atoms. The molecule has 0 aromatic heterocycles. The molecule has 8 atom stereocenters. The van der Waals surface area contributed by atoms with Crippen molar-refractivity contribution in [2.75, 3.05) is 32.7 Å². The average Bonchev–Trinajstić information content (AvgIpc) is 0.533. The SMILES string of the molecule is CCCCc1ccc(CNCC(=O)N2CCN(C(=O)[C@H]3NC(=O)[C@H]4NC(=O)[C@H](NC(=O)[C@@H]5NC(=O)[C@H]6NC(=O)[C@@H](Cc7ccc(c(Cl)c7)Oc7cc5cc(c7O)Oc5ccc(cc5Cl)[C@H]4O)NC(=O)[C@H](N)c4ccc(O)c(c4)Oc4cc(O)cc6c4)c4ccc(O)c(c4)-c4c(O)cc(O)cc43)CC2)cc1. The van der Waals surface area contributed by atoms with E-state index >= 15 is 28.8 Å². The van der Waals surface area contributed by atoms with E-state index in [1.807, 2.05) is 12.1 Å². The molecule has 1 fully saturated rings. The quantitative estimate of drug-likeness (QED) is 0.0752. The van der Waals surface area contributed by atoms with E-state index in [0.717, 1.165) is 73.4 Å². The van der Waals surface area contributed by atoms with Crippen LogP contribution in [0.25, 0.3) is 11.1 Å². The van der Waals surface area contributed by atoms with Gasteiger partial charge in [0.05, 0.1) is 16.6 Å². The van der Waals surface area contributed by atoms with Crippen LogP contribution in [0.3, 0.4) is 0 Å². The number of halogens is 2. The Labute approximate surface area is 608 Å². The lowest BCUT2D eigenvalue weighted by Gasteiger charge is -2.37. The van der Waals surface area contributed by atoms with Gasteiger partial charge in [0, 0.05) is 62.4 Å². The number of nitrogens with two attached hydrogens (primary N) is 1. The molecule has 7 heterocycles. The molecule has 17 bridgehead atoms. The fourth-order valence-electron chi connectivity index (χ4n) is 13.2. The number of phenols is 6. The number of carbonyl (C=O) groups is 8. The Morgan fingerprint density at radius 1 is 0.533 bits per heavy atom. The first-order chi connectivity index (χ1) is 50.3. The highest BCUT2D eigenvalue weighted by molar-refractivity contribution is 6.32. The number of carbonyl (C=O) groups excluding carboxylic acids is 8. The predicted octanol–water partition coefficient (Wildman–Crippen LogP) is 6.70. The number of hydrogen-bond acceptors (Lipinski definition) is 20. The van der Waals surface area contributed by atoms with Crippen LogP contribution in [-0.2, 0) is 57.7 Å². The van der Waals surface area contributed by atoms with Crippen LogP contribution in [0.15, 0.2) is 140 Å². The van der Waals surface area contributed by atoms with Crippen molar-refractivity contribution in [1.82, 2.24) is 47.0 Å². The van der Waals surface area contributed by atoms with Gasteiger partial charge in [0.2, 0.25) is 53.0 Å². The third-order valence-corrected chi connectivity index (χ3v) is 19.4. The Kier molecular flexibility index (Phi) is 20.4. The van der Waals surface area contributed by atoms with Crippen LogP contribution in [0.5, 0.6) is 69.0 Å². The van der Waals surface area contributed by atoms with Crippen molar-refractivity contribution in [2.24, 2.45) is 5.73 Å². The summed E-state index contributed by atoms with van der Waals surface area (Å²) < 4.78 is 18.6. The average molecular weight is 1470 g/mol. The molecule has 1 saturated heterocycles. The lowest BCUT2D eigenvalue weighted by atomic mass is 9.89. The largest absolute Gasteiger partial charge is 0.508 e. The Morgan fingerprint density at radius 3 is 1.81 bits per heavy atom. The first-order valence-electron chi connectivity index (χ1n) is 33.5. The summed E-state index contributed by atoms with van der Waals surface area (Å²) in [6.07, 6.45) is 0.627. The number of benzene rings is 8. The molecule has 15 rings (SSSR count). The molecule has 8 aromatic carbocycles. The van der Waals surface area contributed by atoms with Crippen molar-refractivity contribution < 1.29 is 88.3 Å². The van der Waals surface area contributed by atoms with E-state index in [2.05, 4.69) is 56.3 Å². The minimum absolute atomic E-state index is 0.0260. The highest BCUT2D eigenvalue weighted by atomic mass is 35.5. The number of aliphatic hydroxyl groups excluding tert-OH is 1. The summed E-state index contributed by atoms with van der Waals surface area (Å²) >= 11 is 13.9. The summed E-state index contributed by atoms with van der Waals surface area (Å²) in [5.41, 5.74) is 7.09. The first-order valence-corrected chi connectivity index (χ1v) is 34.3. The van der Waals surface area contributed by atoms with E-state index in [4.69, 9.17) is 43.1 Å². The zero-order valence-corrected chi connectivity index (χ0v) is 57.3. The number of piperazine rings is 1. The molecule has 7 aliphatic heterocycles. The Bertz CT molecular complexity index is 4840. The maximum atomic E-state index is 16.0. The molecule has 16 N–H and O–H groups in total. The molecular formula is C75H70Cl2N10O18. The molecule has 542 valence electrons. The van der Waals surface area contributed by atoms with E-state index < -0.39 is 136 Å². The highest BCUT2D eigenvalue weighted by Gasteiger charge is 2.43. The van der Waals surface area contributed by atoms with Crippen molar-refractivity contribution in [2.45, 2.75) is 87.5 Å². The number of nitrogens with zero attached hydrogens (tertiary/aromatic N) is 2. The van der Waals surface area contributed by atoms with Crippen molar-refractivity contribution in [1.29, 1.82) is 0 Å². The minimum atomic E-state index is -2.18. The van der Waals surface area contributed by atoms with Gasteiger partial charge in [-0.05, 0) is 142 Å². The van der Waals surface area contributed by atoms with E-state index in [1.165, 1.54) is 77.2 Å². The first kappa shape index (κ1) is 71.6. The fourth-order valence-corrected chi connectivity index (χ4v) is 13.7. The summed E-state index contributed by atoms with van der Waals surface area (Å²) in [4.78, 5) is 124. The maximum Gasteiger partial charge on any atom is 0.249 e. The summed E-state index contributed by atoms with van der Waals surface area (Å²) in [5, 5.41) is 101. The third-order valence-electron chi connectivity index (χ3n) is 18.8. The maximum absolute atomic E-state index is 16.0. The lowest BCUT2D eigenvalue weighted by molar-refractivity contribution is -0.142. The van der Waals surface area contributed by atoms with Gasteiger partial charge in [0.25, 0.3) is 0 Å². The van der Waals surface area contributed by atoms with Crippen LogP contribution in [0.2, 0.25) is 10.0 Å². The van der Waals surface area contributed by atoms with Gasteiger partial charge in [0.15, 0.2) is 23.0 Å². The molecule has 0 saturated carbocycles. The van der Waals surface area contributed by atoms with E-state index in [0.29, 0.717) is 12.1 Å². The van der Waals surface area contributed by atoms with Crippen molar-refractivity contribution in [3.63, 3.8) is 0 Å². The fraction of sp³-hybridized carbons (Fsp3) is 0.253. The lowest BCUT2D eigenvalue weighted by Crippen LogP contribution is -2.57. The molecule has 28 nitrogen and oxygen atoms in total. The number of aryl methyl sites for hydroxylation is 1. The van der Waals surface area contributed by atoms with Crippen LogP contribution in [0.4, 0.5) is 0 Å². The van der Waals surface area contributed by atoms with Crippen molar-refractivity contribution >= 4 is 70.5 Å². The highest BCUT2D eigenvalue weighted by Crippen LogP contribution is 2.48. The van der Waals surface area contributed by atoms with Crippen LogP contribution in [0, 0.1) is 0 Å². The minimum Gasteiger partial charge on any atom is -0.508 e. The number of aromatic hydroxyl groups is 6. The Morgan fingerprint density at radius 2 is 1.12 bits per heavy atom.